The number of benzene rings is 1. The minimum absolute atomic E-state index is 0.0758. The fourth-order valence-corrected chi connectivity index (χ4v) is 6.95. The molecule has 1 heterocycles. The smallest absolute Gasteiger partial charge is 0.273 e. The third-order valence-corrected chi connectivity index (χ3v) is 9.18. The van der Waals surface area contributed by atoms with Crippen LogP contribution in [0.4, 0.5) is 0 Å². The number of nitrogens with zero attached hydrogens (tertiary/aromatic N) is 1. The highest BCUT2D eigenvalue weighted by atomic mass is 32.2. The molecule has 39 heavy (non-hydrogen) atoms. The third kappa shape index (κ3) is 7.88. The van der Waals surface area contributed by atoms with Gasteiger partial charge in [-0.15, -0.1) is 0 Å². The molecule has 1 aliphatic carbocycles. The van der Waals surface area contributed by atoms with Crippen LogP contribution in [0.1, 0.15) is 112 Å². The van der Waals surface area contributed by atoms with Gasteiger partial charge in [-0.25, -0.2) is 17.7 Å². The van der Waals surface area contributed by atoms with Crippen molar-refractivity contribution in [2.75, 3.05) is 6.54 Å². The predicted molar refractivity (Wildman–Crippen MR) is 153 cm³/mol. The Bertz CT molecular complexity index is 1250. The van der Waals surface area contributed by atoms with E-state index in [4.69, 9.17) is 0 Å². The number of hydrazine groups is 1. The molecule has 214 valence electrons. The van der Waals surface area contributed by atoms with Crippen molar-refractivity contribution in [3.05, 3.63) is 58.9 Å². The van der Waals surface area contributed by atoms with Gasteiger partial charge in [0.2, 0.25) is 15.9 Å². The van der Waals surface area contributed by atoms with Crippen molar-refractivity contribution in [2.45, 2.75) is 89.9 Å². The largest absolute Gasteiger partial charge is 0.275 e. The van der Waals surface area contributed by atoms with E-state index >= 15 is 0 Å². The quantitative estimate of drug-likeness (QED) is 0.313. The first kappa shape index (κ1) is 30.8. The lowest BCUT2D eigenvalue weighted by molar-refractivity contribution is -0.671. The number of aromatic nitrogens is 1. The van der Waals surface area contributed by atoms with Crippen LogP contribution >= 0.6 is 0 Å². The van der Waals surface area contributed by atoms with Gasteiger partial charge in [-0.2, -0.15) is 0 Å². The molecule has 1 aromatic heterocycles. The molecule has 9 heteroatoms. The van der Waals surface area contributed by atoms with Crippen LogP contribution in [0.5, 0.6) is 0 Å². The first-order chi connectivity index (χ1) is 18.3. The van der Waals surface area contributed by atoms with Crippen molar-refractivity contribution >= 4 is 21.8 Å². The second kappa shape index (κ2) is 13.0. The van der Waals surface area contributed by atoms with E-state index in [1.165, 1.54) is 0 Å². The first-order valence-corrected chi connectivity index (χ1v) is 15.5. The molecule has 1 fully saturated rings. The van der Waals surface area contributed by atoms with Gasteiger partial charge < -0.3 is 0 Å². The van der Waals surface area contributed by atoms with Gasteiger partial charge in [0.25, 0.3) is 5.91 Å². The number of rotatable bonds is 9. The Morgan fingerprint density at radius 3 is 2.03 bits per heavy atom. The molecular formula is C30H45N4O4S+. The van der Waals surface area contributed by atoms with Crippen LogP contribution in [-0.4, -0.2) is 26.8 Å². The van der Waals surface area contributed by atoms with E-state index in [2.05, 4.69) is 41.6 Å². The molecule has 1 saturated carbocycles. The first-order valence-electron chi connectivity index (χ1n) is 14.0. The van der Waals surface area contributed by atoms with Gasteiger partial charge >= 0.3 is 0 Å². The Kier molecular flexibility index (Phi) is 10.3. The van der Waals surface area contributed by atoms with E-state index in [0.717, 1.165) is 29.5 Å². The summed E-state index contributed by atoms with van der Waals surface area (Å²) in [6.45, 7) is 12.8. The number of hydrogen-bond acceptors (Lipinski definition) is 4. The Balaban J connectivity index is 1.60. The standard InChI is InChI=1S/C30H44N4O4S/c1-19(2)25-15-26(20(3)4)28(27(16-25)21(5)6)39(37,38)31-17-22-10-12-23(13-11-22)29(35)32-33-30(36)24-9-8-14-34(7)18-24/h8-9,14-16,18-23,31H,10-13,17H2,1-7H3,(H-,32,33,35,36)/p+1. The van der Waals surface area contributed by atoms with Crippen molar-refractivity contribution in [2.24, 2.45) is 18.9 Å². The summed E-state index contributed by atoms with van der Waals surface area (Å²) in [6, 6.07) is 7.55. The summed E-state index contributed by atoms with van der Waals surface area (Å²) >= 11 is 0. The van der Waals surface area contributed by atoms with Gasteiger partial charge in [0, 0.05) is 18.5 Å². The summed E-state index contributed by atoms with van der Waals surface area (Å²) in [5.74, 6) is -0.177. The average molecular weight is 558 g/mol. The molecule has 1 aromatic carbocycles. The van der Waals surface area contributed by atoms with Crippen LogP contribution in [0.2, 0.25) is 0 Å². The van der Waals surface area contributed by atoms with Crippen molar-refractivity contribution < 1.29 is 22.6 Å². The summed E-state index contributed by atoms with van der Waals surface area (Å²) in [5, 5.41) is 0. The average Bonchev–Trinajstić information content (AvgIpc) is 2.89. The topological polar surface area (TPSA) is 108 Å². The fourth-order valence-electron chi connectivity index (χ4n) is 5.14. The number of pyridine rings is 1. The lowest BCUT2D eigenvalue weighted by atomic mass is 9.82. The Hall–Kier alpha value is -2.78. The molecule has 0 aliphatic heterocycles. The number of nitrogens with one attached hydrogen (secondary N) is 3. The third-order valence-electron chi connectivity index (χ3n) is 7.63. The zero-order valence-electron chi connectivity index (χ0n) is 24.4. The molecule has 2 amide bonds. The van der Waals surface area contributed by atoms with Crippen molar-refractivity contribution in [3.8, 4) is 0 Å². The Morgan fingerprint density at radius 1 is 0.923 bits per heavy atom. The minimum atomic E-state index is -3.71. The van der Waals surface area contributed by atoms with Crippen LogP contribution in [0.3, 0.4) is 0 Å². The highest BCUT2D eigenvalue weighted by Gasteiger charge is 2.30. The number of amides is 2. The predicted octanol–water partition coefficient (Wildman–Crippen LogP) is 4.43. The van der Waals surface area contributed by atoms with Gasteiger partial charge in [0.1, 0.15) is 12.6 Å². The molecule has 2 aromatic rings. The molecule has 0 bridgehead atoms. The van der Waals surface area contributed by atoms with E-state index < -0.39 is 10.0 Å². The lowest BCUT2D eigenvalue weighted by Gasteiger charge is -2.28. The fraction of sp³-hybridized carbons (Fsp3) is 0.567. The van der Waals surface area contributed by atoms with Crippen molar-refractivity contribution in [3.63, 3.8) is 0 Å². The number of sulfonamides is 1. The van der Waals surface area contributed by atoms with E-state index in [1.54, 1.807) is 22.9 Å². The molecule has 0 saturated heterocycles. The summed E-state index contributed by atoms with van der Waals surface area (Å²) in [6.07, 6.45) is 6.27. The highest BCUT2D eigenvalue weighted by molar-refractivity contribution is 7.89. The summed E-state index contributed by atoms with van der Waals surface area (Å²) in [4.78, 5) is 25.4. The number of aryl methyl sites for hydroxylation is 1. The maximum atomic E-state index is 13.6. The molecular weight excluding hydrogens is 512 g/mol. The molecule has 3 rings (SSSR count). The van der Waals surface area contributed by atoms with Crippen LogP contribution in [0.15, 0.2) is 41.6 Å². The molecule has 0 radical (unpaired) electrons. The van der Waals surface area contributed by atoms with Gasteiger partial charge in [-0.1, -0.05) is 53.7 Å². The molecule has 3 N–H and O–H groups in total. The van der Waals surface area contributed by atoms with E-state index in [0.29, 0.717) is 35.8 Å². The molecule has 0 atom stereocenters. The molecule has 1 aliphatic rings. The van der Waals surface area contributed by atoms with Crippen molar-refractivity contribution in [1.29, 1.82) is 0 Å². The molecule has 8 nitrogen and oxygen atoms in total. The van der Waals surface area contributed by atoms with Crippen LogP contribution in [0.25, 0.3) is 0 Å². The number of carbonyl (C=O) groups excluding carboxylic acids is 2. The monoisotopic (exact) mass is 557 g/mol. The number of carbonyl (C=O) groups is 2. The highest BCUT2D eigenvalue weighted by Crippen LogP contribution is 2.35. The van der Waals surface area contributed by atoms with Crippen molar-refractivity contribution in [1.82, 2.24) is 15.6 Å². The molecule has 0 spiro atoms. The summed E-state index contributed by atoms with van der Waals surface area (Å²) < 4.78 is 32.0. The molecule has 0 unspecified atom stereocenters. The van der Waals surface area contributed by atoms with Crippen LogP contribution < -0.4 is 20.1 Å². The van der Waals surface area contributed by atoms with E-state index in [-0.39, 0.29) is 35.5 Å². The van der Waals surface area contributed by atoms with Gasteiger partial charge in [0.15, 0.2) is 12.4 Å². The van der Waals surface area contributed by atoms with Crippen LogP contribution in [0, 0.1) is 11.8 Å². The van der Waals surface area contributed by atoms with E-state index in [9.17, 15) is 18.0 Å². The zero-order valence-corrected chi connectivity index (χ0v) is 25.2. The lowest BCUT2D eigenvalue weighted by Crippen LogP contribution is -2.46. The maximum absolute atomic E-state index is 13.6. The minimum Gasteiger partial charge on any atom is -0.273 e. The van der Waals surface area contributed by atoms with Gasteiger partial charge in [-0.3, -0.25) is 20.4 Å². The zero-order chi connectivity index (χ0) is 28.9. The van der Waals surface area contributed by atoms with Crippen LogP contribution in [-0.2, 0) is 21.9 Å². The van der Waals surface area contributed by atoms with Gasteiger partial charge in [0.05, 0.1) is 4.90 Å². The summed E-state index contributed by atoms with van der Waals surface area (Å²) in [5.41, 5.74) is 8.39. The SMILES string of the molecule is CC(C)c1cc(C(C)C)c(S(=O)(=O)NCC2CCC(C(=O)NNC(=O)c3ccc[n+](C)c3)CC2)c(C(C)C)c1. The normalized spacial score (nSPS) is 18.0. The maximum Gasteiger partial charge on any atom is 0.275 e. The second-order valence-electron chi connectivity index (χ2n) is 11.8. The van der Waals surface area contributed by atoms with E-state index in [1.807, 2.05) is 40.9 Å². The Morgan fingerprint density at radius 2 is 1.51 bits per heavy atom. The summed E-state index contributed by atoms with van der Waals surface area (Å²) in [7, 11) is -1.89. The Labute approximate surface area is 234 Å². The second-order valence-corrected chi connectivity index (χ2v) is 13.5. The van der Waals surface area contributed by atoms with Gasteiger partial charge in [-0.05, 0) is 72.1 Å². The number of hydrogen-bond donors (Lipinski definition) is 3.